The van der Waals surface area contributed by atoms with Gasteiger partial charge in [0.15, 0.2) is 0 Å². The van der Waals surface area contributed by atoms with Gasteiger partial charge in [0.25, 0.3) is 0 Å². The number of rotatable bonds is 5. The molecule has 0 spiro atoms. The number of benzene rings is 1. The molecule has 1 aliphatic heterocycles. The summed E-state index contributed by atoms with van der Waals surface area (Å²) in [5.41, 5.74) is 2.18. The van der Waals surface area contributed by atoms with Crippen molar-refractivity contribution in [1.29, 1.82) is 0 Å². The van der Waals surface area contributed by atoms with Crippen molar-refractivity contribution in [2.45, 2.75) is 19.9 Å². The molecule has 0 unspecified atom stereocenters. The van der Waals surface area contributed by atoms with Crippen molar-refractivity contribution in [3.63, 3.8) is 0 Å². The summed E-state index contributed by atoms with van der Waals surface area (Å²) in [5, 5.41) is 7.14. The molecule has 2 aromatic rings. The number of thiophene rings is 1. The van der Waals surface area contributed by atoms with Crippen LogP contribution in [-0.2, 0) is 11.3 Å². The summed E-state index contributed by atoms with van der Waals surface area (Å²) >= 11 is 1.71. The third kappa shape index (κ3) is 5.30. The first-order valence-corrected chi connectivity index (χ1v) is 10.2. The minimum Gasteiger partial charge on any atom is -0.462 e. The molecule has 0 aliphatic carbocycles. The summed E-state index contributed by atoms with van der Waals surface area (Å²) < 4.78 is 5.07. The molecule has 2 amide bonds. The molecule has 0 bridgehead atoms. The van der Waals surface area contributed by atoms with Crippen LogP contribution in [0.4, 0.5) is 10.5 Å². The average molecular weight is 388 g/mol. The maximum atomic E-state index is 12.7. The van der Waals surface area contributed by atoms with Crippen LogP contribution in [0.5, 0.6) is 0 Å². The highest BCUT2D eigenvalue weighted by atomic mass is 32.1. The molecule has 2 heterocycles. The smallest absolute Gasteiger partial charge is 0.340 e. The molecule has 144 valence electrons. The molecule has 3 rings (SSSR count). The minimum absolute atomic E-state index is 0.177. The monoisotopic (exact) mass is 387 g/mol. The lowest BCUT2D eigenvalue weighted by Crippen LogP contribution is -2.38. The molecule has 1 fully saturated rings. The topological polar surface area (TPSA) is 61.9 Å². The van der Waals surface area contributed by atoms with Crippen molar-refractivity contribution in [3.05, 3.63) is 52.2 Å². The second kappa shape index (κ2) is 9.53. The molecular formula is C20H25N3O3S. The molecule has 7 heteroatoms. The van der Waals surface area contributed by atoms with Gasteiger partial charge in [0.05, 0.1) is 17.9 Å². The molecule has 1 aromatic heterocycles. The van der Waals surface area contributed by atoms with E-state index in [4.69, 9.17) is 4.74 Å². The first-order chi connectivity index (χ1) is 13.2. The number of anilines is 1. The van der Waals surface area contributed by atoms with Crippen molar-refractivity contribution in [3.8, 4) is 0 Å². The fourth-order valence-electron chi connectivity index (χ4n) is 3.15. The van der Waals surface area contributed by atoms with E-state index >= 15 is 0 Å². The van der Waals surface area contributed by atoms with E-state index in [1.54, 1.807) is 42.5 Å². The van der Waals surface area contributed by atoms with Gasteiger partial charge in [-0.3, -0.25) is 4.90 Å². The highest BCUT2D eigenvalue weighted by Gasteiger charge is 2.21. The largest absolute Gasteiger partial charge is 0.462 e. The number of carbonyl (C=O) groups excluding carboxylic acids is 2. The lowest BCUT2D eigenvalue weighted by atomic mass is 10.2. The van der Waals surface area contributed by atoms with Crippen molar-refractivity contribution in [1.82, 2.24) is 9.80 Å². The summed E-state index contributed by atoms with van der Waals surface area (Å²) in [6.07, 6.45) is 0.928. The number of amides is 2. The highest BCUT2D eigenvalue weighted by molar-refractivity contribution is 7.07. The molecule has 1 N–H and O–H groups in total. The molecule has 6 nitrogen and oxygen atoms in total. The van der Waals surface area contributed by atoms with Gasteiger partial charge in [-0.05, 0) is 47.9 Å². The maximum absolute atomic E-state index is 12.7. The zero-order valence-corrected chi connectivity index (χ0v) is 16.3. The fraction of sp³-hybridized carbons (Fsp3) is 0.400. The van der Waals surface area contributed by atoms with Gasteiger partial charge in [-0.1, -0.05) is 12.1 Å². The van der Waals surface area contributed by atoms with E-state index < -0.39 is 5.97 Å². The number of urea groups is 1. The predicted octanol–water partition coefficient (Wildman–Crippen LogP) is 3.66. The number of para-hydroxylation sites is 1. The van der Waals surface area contributed by atoms with Crippen LogP contribution in [0.1, 0.15) is 29.3 Å². The van der Waals surface area contributed by atoms with Crippen LogP contribution in [0.3, 0.4) is 0 Å². The predicted molar refractivity (Wildman–Crippen MR) is 107 cm³/mol. The SMILES string of the molecule is CCOC(=O)c1ccccc1NC(=O)N1CCCN(Cc2ccsc2)CC1. The van der Waals surface area contributed by atoms with Gasteiger partial charge in [-0.15, -0.1) is 0 Å². The normalized spacial score (nSPS) is 15.2. The van der Waals surface area contributed by atoms with Gasteiger partial charge in [-0.25, -0.2) is 9.59 Å². The zero-order valence-electron chi connectivity index (χ0n) is 15.5. The Kier molecular flexibility index (Phi) is 6.84. The Morgan fingerprint density at radius 2 is 2.00 bits per heavy atom. The van der Waals surface area contributed by atoms with Gasteiger partial charge in [0.1, 0.15) is 0 Å². The average Bonchev–Trinajstić information content (AvgIpc) is 3.06. The number of esters is 1. The Bertz CT molecular complexity index is 764. The second-order valence-electron chi connectivity index (χ2n) is 6.44. The standard InChI is InChI=1S/C20H25N3O3S/c1-2-26-19(24)17-6-3-4-7-18(17)21-20(25)23-10-5-9-22(11-12-23)14-16-8-13-27-15-16/h3-4,6-8,13,15H,2,5,9-12,14H2,1H3,(H,21,25). The second-order valence-corrected chi connectivity index (χ2v) is 7.22. The number of hydrogen-bond donors (Lipinski definition) is 1. The molecule has 1 saturated heterocycles. The van der Waals surface area contributed by atoms with Crippen LogP contribution >= 0.6 is 11.3 Å². The molecule has 27 heavy (non-hydrogen) atoms. The van der Waals surface area contributed by atoms with Crippen LogP contribution < -0.4 is 5.32 Å². The summed E-state index contributed by atoms with van der Waals surface area (Å²) in [5.74, 6) is -0.425. The van der Waals surface area contributed by atoms with Crippen molar-refractivity contribution in [2.75, 3.05) is 38.1 Å². The van der Waals surface area contributed by atoms with Crippen molar-refractivity contribution < 1.29 is 14.3 Å². The summed E-state index contributed by atoms with van der Waals surface area (Å²) in [6.45, 7) is 6.16. The van der Waals surface area contributed by atoms with E-state index in [0.717, 1.165) is 26.1 Å². The summed E-state index contributed by atoms with van der Waals surface area (Å²) in [4.78, 5) is 29.0. The molecule has 1 aromatic carbocycles. The third-order valence-electron chi connectivity index (χ3n) is 4.53. The number of nitrogens with one attached hydrogen (secondary N) is 1. The Morgan fingerprint density at radius 3 is 2.78 bits per heavy atom. The van der Waals surface area contributed by atoms with Crippen molar-refractivity contribution in [2.24, 2.45) is 0 Å². The van der Waals surface area contributed by atoms with Crippen LogP contribution in [0, 0.1) is 0 Å². The third-order valence-corrected chi connectivity index (χ3v) is 5.26. The van der Waals surface area contributed by atoms with E-state index in [-0.39, 0.29) is 6.03 Å². The fourth-order valence-corrected chi connectivity index (χ4v) is 3.81. The van der Waals surface area contributed by atoms with E-state index in [1.807, 2.05) is 4.90 Å². The lowest BCUT2D eigenvalue weighted by Gasteiger charge is -2.22. The van der Waals surface area contributed by atoms with E-state index in [9.17, 15) is 9.59 Å². The highest BCUT2D eigenvalue weighted by Crippen LogP contribution is 2.18. The number of hydrogen-bond acceptors (Lipinski definition) is 5. The number of nitrogens with zero attached hydrogens (tertiary/aromatic N) is 2. The van der Waals surface area contributed by atoms with Crippen LogP contribution in [0.15, 0.2) is 41.1 Å². The van der Waals surface area contributed by atoms with Gasteiger partial charge < -0.3 is 15.0 Å². The van der Waals surface area contributed by atoms with Gasteiger partial charge in [-0.2, -0.15) is 11.3 Å². The van der Waals surface area contributed by atoms with E-state index in [1.165, 1.54) is 5.56 Å². The Morgan fingerprint density at radius 1 is 1.15 bits per heavy atom. The van der Waals surface area contributed by atoms with Crippen molar-refractivity contribution >= 4 is 29.0 Å². The summed E-state index contributed by atoms with van der Waals surface area (Å²) in [7, 11) is 0. The molecule has 0 radical (unpaired) electrons. The van der Waals surface area contributed by atoms with Crippen LogP contribution in [-0.4, -0.2) is 54.6 Å². The Hall–Kier alpha value is -2.38. The first kappa shape index (κ1) is 19.4. The maximum Gasteiger partial charge on any atom is 0.340 e. The number of ether oxygens (including phenoxy) is 1. The molecule has 0 saturated carbocycles. The molecule has 1 aliphatic rings. The number of carbonyl (C=O) groups is 2. The van der Waals surface area contributed by atoms with Crippen LogP contribution in [0.25, 0.3) is 0 Å². The van der Waals surface area contributed by atoms with Gasteiger partial charge in [0, 0.05) is 32.7 Å². The summed E-state index contributed by atoms with van der Waals surface area (Å²) in [6, 6.07) is 8.92. The Labute approximate surface area is 163 Å². The first-order valence-electron chi connectivity index (χ1n) is 9.23. The minimum atomic E-state index is -0.425. The van der Waals surface area contributed by atoms with E-state index in [2.05, 4.69) is 27.0 Å². The van der Waals surface area contributed by atoms with Crippen LogP contribution in [0.2, 0.25) is 0 Å². The Balaban J connectivity index is 1.59. The molecular weight excluding hydrogens is 362 g/mol. The lowest BCUT2D eigenvalue weighted by molar-refractivity contribution is 0.0527. The van der Waals surface area contributed by atoms with Gasteiger partial charge in [0.2, 0.25) is 0 Å². The van der Waals surface area contributed by atoms with E-state index in [0.29, 0.717) is 30.9 Å². The quantitative estimate of drug-likeness (QED) is 0.796. The van der Waals surface area contributed by atoms with Gasteiger partial charge >= 0.3 is 12.0 Å². The zero-order chi connectivity index (χ0) is 19.1. The molecule has 0 atom stereocenters.